The molecule has 1 aliphatic heterocycles. The van der Waals surface area contributed by atoms with Crippen molar-refractivity contribution in [3.05, 3.63) is 63.6 Å². The van der Waals surface area contributed by atoms with Crippen molar-refractivity contribution in [3.8, 4) is 5.75 Å². The van der Waals surface area contributed by atoms with Gasteiger partial charge in [-0.25, -0.2) is 0 Å². The standard InChI is InChI=1S/C21H21Cl2NO2/c1-26-14-6-7-15(19(23)10-14)16-8-9-17-18(11-24-21(17)25)20(16)12-2-4-13(22)5-3-12/h2-7,10,16-18,20H,8-9,11H2,1H3,(H,24,25). The van der Waals surface area contributed by atoms with Gasteiger partial charge in [-0.1, -0.05) is 41.4 Å². The molecule has 2 aliphatic rings. The summed E-state index contributed by atoms with van der Waals surface area (Å²) in [5, 5.41) is 4.51. The average Bonchev–Trinajstić information content (AvgIpc) is 3.03. The zero-order valence-electron chi connectivity index (χ0n) is 14.5. The molecule has 1 amide bonds. The lowest BCUT2D eigenvalue weighted by Gasteiger charge is -2.40. The number of hydrogen-bond donors (Lipinski definition) is 1. The number of benzene rings is 2. The molecule has 1 aliphatic carbocycles. The first-order chi connectivity index (χ1) is 12.6. The molecule has 0 spiro atoms. The summed E-state index contributed by atoms with van der Waals surface area (Å²) in [6.07, 6.45) is 1.83. The molecule has 3 nitrogen and oxygen atoms in total. The molecule has 0 radical (unpaired) electrons. The van der Waals surface area contributed by atoms with Crippen molar-refractivity contribution in [1.29, 1.82) is 0 Å². The van der Waals surface area contributed by atoms with Crippen LogP contribution in [-0.2, 0) is 4.79 Å². The van der Waals surface area contributed by atoms with E-state index in [1.807, 2.05) is 24.3 Å². The van der Waals surface area contributed by atoms with Crippen LogP contribution in [0, 0.1) is 11.8 Å². The lowest BCUT2D eigenvalue weighted by atomic mass is 9.63. The van der Waals surface area contributed by atoms with Gasteiger partial charge in [-0.3, -0.25) is 4.79 Å². The third-order valence-corrected chi connectivity index (χ3v) is 6.49. The van der Waals surface area contributed by atoms with Crippen LogP contribution in [0.2, 0.25) is 10.0 Å². The minimum absolute atomic E-state index is 0.0870. The first-order valence-electron chi connectivity index (χ1n) is 8.95. The summed E-state index contributed by atoms with van der Waals surface area (Å²) < 4.78 is 5.29. The Hall–Kier alpha value is -1.71. The van der Waals surface area contributed by atoms with Crippen LogP contribution in [0.25, 0.3) is 0 Å². The molecule has 0 bridgehead atoms. The fourth-order valence-corrected chi connectivity index (χ4v) is 5.13. The molecule has 4 rings (SSSR count). The quantitative estimate of drug-likeness (QED) is 0.799. The van der Waals surface area contributed by atoms with E-state index in [0.717, 1.165) is 40.7 Å². The predicted molar refractivity (Wildman–Crippen MR) is 104 cm³/mol. The van der Waals surface area contributed by atoms with E-state index in [2.05, 4.69) is 23.5 Å². The van der Waals surface area contributed by atoms with E-state index >= 15 is 0 Å². The van der Waals surface area contributed by atoms with Crippen molar-refractivity contribution in [2.45, 2.75) is 24.7 Å². The molecule has 26 heavy (non-hydrogen) atoms. The summed E-state index contributed by atoms with van der Waals surface area (Å²) in [7, 11) is 1.64. The number of hydrogen-bond acceptors (Lipinski definition) is 2. The number of amides is 1. The normalized spacial score (nSPS) is 27.7. The van der Waals surface area contributed by atoms with Crippen LogP contribution in [-0.4, -0.2) is 19.6 Å². The molecule has 4 atom stereocenters. The molecule has 1 saturated heterocycles. The summed E-state index contributed by atoms with van der Waals surface area (Å²) in [5.74, 6) is 1.81. The van der Waals surface area contributed by atoms with Crippen LogP contribution in [0.5, 0.6) is 5.75 Å². The highest BCUT2D eigenvalue weighted by molar-refractivity contribution is 6.31. The summed E-state index contributed by atoms with van der Waals surface area (Å²) in [6.45, 7) is 0.723. The van der Waals surface area contributed by atoms with Gasteiger partial charge >= 0.3 is 0 Å². The summed E-state index contributed by atoms with van der Waals surface area (Å²) >= 11 is 12.7. The van der Waals surface area contributed by atoms with Crippen LogP contribution >= 0.6 is 23.2 Å². The second kappa shape index (κ2) is 7.13. The van der Waals surface area contributed by atoms with Gasteiger partial charge < -0.3 is 10.1 Å². The Kier molecular flexibility index (Phi) is 4.85. The smallest absolute Gasteiger partial charge is 0.223 e. The highest BCUT2D eigenvalue weighted by Crippen LogP contribution is 2.52. The van der Waals surface area contributed by atoms with E-state index in [1.54, 1.807) is 7.11 Å². The summed E-state index contributed by atoms with van der Waals surface area (Å²) in [5.41, 5.74) is 2.35. The fraction of sp³-hybridized carbons (Fsp3) is 0.381. The number of rotatable bonds is 3. The number of ether oxygens (including phenoxy) is 1. The van der Waals surface area contributed by atoms with Gasteiger partial charge in [0.05, 0.1) is 7.11 Å². The van der Waals surface area contributed by atoms with Crippen LogP contribution in [0.3, 0.4) is 0 Å². The first-order valence-corrected chi connectivity index (χ1v) is 9.70. The summed E-state index contributed by atoms with van der Waals surface area (Å²) in [6, 6.07) is 13.9. The highest BCUT2D eigenvalue weighted by atomic mass is 35.5. The SMILES string of the molecule is COc1ccc(C2CCC3C(=O)NCC3C2c2ccc(Cl)cc2)c(Cl)c1. The van der Waals surface area contributed by atoms with Gasteiger partial charge in [0, 0.05) is 22.5 Å². The molecular formula is C21H21Cl2NO2. The van der Waals surface area contributed by atoms with Crippen LogP contribution in [0.15, 0.2) is 42.5 Å². The second-order valence-corrected chi connectivity index (χ2v) is 8.01. The van der Waals surface area contributed by atoms with Gasteiger partial charge in [-0.05, 0) is 66.0 Å². The van der Waals surface area contributed by atoms with Crippen LogP contribution in [0.1, 0.15) is 35.8 Å². The van der Waals surface area contributed by atoms with Gasteiger partial charge in [0.15, 0.2) is 0 Å². The third kappa shape index (κ3) is 3.08. The van der Waals surface area contributed by atoms with E-state index in [1.165, 1.54) is 5.56 Å². The van der Waals surface area contributed by atoms with Crippen LogP contribution < -0.4 is 10.1 Å². The van der Waals surface area contributed by atoms with E-state index in [-0.39, 0.29) is 29.6 Å². The number of nitrogens with one attached hydrogen (secondary N) is 1. The minimum Gasteiger partial charge on any atom is -0.497 e. The highest BCUT2D eigenvalue weighted by Gasteiger charge is 2.47. The molecule has 136 valence electrons. The Morgan fingerprint density at radius 1 is 1.04 bits per heavy atom. The Balaban J connectivity index is 1.77. The number of halogens is 2. The van der Waals surface area contributed by atoms with E-state index < -0.39 is 0 Å². The average molecular weight is 390 g/mol. The Morgan fingerprint density at radius 3 is 2.46 bits per heavy atom. The molecule has 4 unspecified atom stereocenters. The number of carbonyl (C=O) groups excluding carboxylic acids is 1. The van der Waals surface area contributed by atoms with Gasteiger partial charge in [0.25, 0.3) is 0 Å². The molecule has 1 heterocycles. The Labute approximate surface area is 163 Å². The molecule has 0 aromatic heterocycles. The molecule has 2 aromatic carbocycles. The van der Waals surface area contributed by atoms with Crippen molar-refractivity contribution >= 4 is 29.1 Å². The molecule has 2 aromatic rings. The van der Waals surface area contributed by atoms with Crippen molar-refractivity contribution in [3.63, 3.8) is 0 Å². The maximum absolute atomic E-state index is 12.3. The largest absolute Gasteiger partial charge is 0.497 e. The van der Waals surface area contributed by atoms with Gasteiger partial charge in [0.2, 0.25) is 5.91 Å². The third-order valence-electron chi connectivity index (χ3n) is 5.91. The second-order valence-electron chi connectivity index (χ2n) is 7.16. The van der Waals surface area contributed by atoms with E-state index in [0.29, 0.717) is 0 Å². The Morgan fingerprint density at radius 2 is 1.77 bits per heavy atom. The van der Waals surface area contributed by atoms with Gasteiger partial charge in [0.1, 0.15) is 5.75 Å². The molecule has 1 saturated carbocycles. The van der Waals surface area contributed by atoms with Crippen molar-refractivity contribution in [2.24, 2.45) is 11.8 Å². The fourth-order valence-electron chi connectivity index (χ4n) is 4.69. The molecular weight excluding hydrogens is 369 g/mol. The molecule has 5 heteroatoms. The first kappa shape index (κ1) is 17.7. The maximum Gasteiger partial charge on any atom is 0.223 e. The monoisotopic (exact) mass is 389 g/mol. The maximum atomic E-state index is 12.3. The lowest BCUT2D eigenvalue weighted by molar-refractivity contribution is -0.123. The van der Waals surface area contributed by atoms with Crippen molar-refractivity contribution in [2.75, 3.05) is 13.7 Å². The number of fused-ring (bicyclic) bond motifs is 1. The van der Waals surface area contributed by atoms with E-state index in [4.69, 9.17) is 27.9 Å². The van der Waals surface area contributed by atoms with Crippen LogP contribution in [0.4, 0.5) is 0 Å². The molecule has 2 fully saturated rings. The Bertz CT molecular complexity index is 821. The predicted octanol–water partition coefficient (Wildman–Crippen LogP) is 5.03. The number of methoxy groups -OCH3 is 1. The zero-order valence-corrected chi connectivity index (χ0v) is 16.1. The van der Waals surface area contributed by atoms with Gasteiger partial charge in [-0.2, -0.15) is 0 Å². The van der Waals surface area contributed by atoms with Crippen molar-refractivity contribution < 1.29 is 9.53 Å². The lowest BCUT2D eigenvalue weighted by Crippen LogP contribution is -2.32. The van der Waals surface area contributed by atoms with E-state index in [9.17, 15) is 4.79 Å². The topological polar surface area (TPSA) is 38.3 Å². The number of carbonyl (C=O) groups is 1. The summed E-state index contributed by atoms with van der Waals surface area (Å²) in [4.78, 5) is 12.3. The zero-order chi connectivity index (χ0) is 18.3. The van der Waals surface area contributed by atoms with Gasteiger partial charge in [-0.15, -0.1) is 0 Å². The minimum atomic E-state index is 0.0870. The van der Waals surface area contributed by atoms with Crippen molar-refractivity contribution in [1.82, 2.24) is 5.32 Å². The molecule has 1 N–H and O–H groups in total.